The lowest BCUT2D eigenvalue weighted by atomic mass is 10.2. The summed E-state index contributed by atoms with van der Waals surface area (Å²) in [5, 5.41) is 0. The van der Waals surface area contributed by atoms with E-state index in [0.717, 1.165) is 30.4 Å². The van der Waals surface area contributed by atoms with Gasteiger partial charge in [-0.2, -0.15) is 0 Å². The van der Waals surface area contributed by atoms with E-state index in [1.807, 2.05) is 23.9 Å². The molecule has 1 fully saturated rings. The molecular weight excluding hydrogens is 214 g/mol. The van der Waals surface area contributed by atoms with Gasteiger partial charge in [-0.05, 0) is 18.9 Å². The van der Waals surface area contributed by atoms with Gasteiger partial charge in [-0.3, -0.25) is 9.78 Å². The molecule has 4 nitrogen and oxygen atoms in total. The van der Waals surface area contributed by atoms with Gasteiger partial charge in [0, 0.05) is 32.5 Å². The zero-order chi connectivity index (χ0) is 11.8. The number of carbonyl (C=O) groups excluding carboxylic acids is 1. The zero-order valence-electron chi connectivity index (χ0n) is 9.89. The van der Waals surface area contributed by atoms with Gasteiger partial charge in [0.05, 0.1) is 16.8 Å². The summed E-state index contributed by atoms with van der Waals surface area (Å²) in [7, 11) is 1.97. The van der Waals surface area contributed by atoms with Crippen molar-refractivity contribution in [3.8, 4) is 0 Å². The summed E-state index contributed by atoms with van der Waals surface area (Å²) in [6.07, 6.45) is 7.01. The van der Waals surface area contributed by atoms with Crippen molar-refractivity contribution in [2.75, 3.05) is 18.0 Å². The molecule has 88 valence electrons. The number of pyridine rings is 1. The van der Waals surface area contributed by atoms with Crippen LogP contribution in [-0.2, 0) is 7.05 Å². The predicted molar refractivity (Wildman–Crippen MR) is 67.5 cm³/mol. The largest absolute Gasteiger partial charge is 0.370 e. The highest BCUT2D eigenvalue weighted by molar-refractivity contribution is 6.00. The standard InChI is InChI=1S/C13H15N3O/c1-15-8-10(9-17)12-13(15)11(4-5-14-12)16-6-2-3-7-16/h4-5,8-9H,2-3,6-7H2,1H3. The van der Waals surface area contributed by atoms with Crippen LogP contribution in [0.2, 0.25) is 0 Å². The van der Waals surface area contributed by atoms with Crippen LogP contribution in [0, 0.1) is 0 Å². The molecule has 0 unspecified atom stereocenters. The van der Waals surface area contributed by atoms with Crippen LogP contribution >= 0.6 is 0 Å². The van der Waals surface area contributed by atoms with Gasteiger partial charge in [0.25, 0.3) is 0 Å². The van der Waals surface area contributed by atoms with Crippen LogP contribution < -0.4 is 4.90 Å². The number of aromatic nitrogens is 2. The first-order valence-electron chi connectivity index (χ1n) is 5.95. The third kappa shape index (κ3) is 1.52. The molecule has 1 aliphatic rings. The normalized spacial score (nSPS) is 15.7. The number of fused-ring (bicyclic) bond motifs is 1. The topological polar surface area (TPSA) is 38.1 Å². The molecule has 3 rings (SSSR count). The molecule has 0 spiro atoms. The highest BCUT2D eigenvalue weighted by Crippen LogP contribution is 2.29. The first-order chi connectivity index (χ1) is 8.31. The van der Waals surface area contributed by atoms with E-state index >= 15 is 0 Å². The van der Waals surface area contributed by atoms with E-state index in [9.17, 15) is 4.79 Å². The van der Waals surface area contributed by atoms with E-state index < -0.39 is 0 Å². The van der Waals surface area contributed by atoms with Gasteiger partial charge in [0.2, 0.25) is 0 Å². The third-order valence-corrected chi connectivity index (χ3v) is 3.44. The smallest absolute Gasteiger partial charge is 0.153 e. The molecule has 2 aromatic heterocycles. The Morgan fingerprint density at radius 1 is 1.35 bits per heavy atom. The number of hydrogen-bond donors (Lipinski definition) is 0. The zero-order valence-corrected chi connectivity index (χ0v) is 9.89. The molecule has 0 aliphatic carbocycles. The molecule has 1 aliphatic heterocycles. The predicted octanol–water partition coefficient (Wildman–Crippen LogP) is 1.99. The fraction of sp³-hybridized carbons (Fsp3) is 0.385. The van der Waals surface area contributed by atoms with Crippen molar-refractivity contribution < 1.29 is 4.79 Å². The minimum absolute atomic E-state index is 0.670. The number of anilines is 1. The first kappa shape index (κ1) is 10.3. The van der Waals surface area contributed by atoms with E-state index in [0.29, 0.717) is 5.56 Å². The van der Waals surface area contributed by atoms with Crippen molar-refractivity contribution in [2.45, 2.75) is 12.8 Å². The number of hydrogen-bond acceptors (Lipinski definition) is 3. The van der Waals surface area contributed by atoms with Crippen molar-refractivity contribution in [2.24, 2.45) is 7.05 Å². The van der Waals surface area contributed by atoms with Gasteiger partial charge < -0.3 is 9.47 Å². The molecule has 0 saturated carbocycles. The van der Waals surface area contributed by atoms with Gasteiger partial charge in [-0.1, -0.05) is 0 Å². The number of rotatable bonds is 2. The molecule has 3 heterocycles. The summed E-state index contributed by atoms with van der Waals surface area (Å²) < 4.78 is 2.00. The lowest BCUT2D eigenvalue weighted by Crippen LogP contribution is -2.18. The molecule has 0 aromatic carbocycles. The fourth-order valence-electron chi connectivity index (χ4n) is 2.64. The SMILES string of the molecule is Cn1cc(C=O)c2nccc(N3CCCC3)c21. The van der Waals surface area contributed by atoms with E-state index in [-0.39, 0.29) is 0 Å². The Bertz CT molecular complexity index is 567. The van der Waals surface area contributed by atoms with Crippen molar-refractivity contribution in [3.05, 3.63) is 24.0 Å². The van der Waals surface area contributed by atoms with Gasteiger partial charge in [-0.25, -0.2) is 0 Å². The second kappa shape index (κ2) is 3.87. The number of aryl methyl sites for hydroxylation is 1. The molecule has 0 N–H and O–H groups in total. The molecular formula is C13H15N3O. The third-order valence-electron chi connectivity index (χ3n) is 3.44. The highest BCUT2D eigenvalue weighted by Gasteiger charge is 2.18. The lowest BCUT2D eigenvalue weighted by molar-refractivity contribution is 0.112. The number of nitrogens with zero attached hydrogens (tertiary/aromatic N) is 3. The Labute approximate surface area is 99.9 Å². The maximum absolute atomic E-state index is 11.0. The Kier molecular flexibility index (Phi) is 2.35. The van der Waals surface area contributed by atoms with Crippen LogP contribution in [0.4, 0.5) is 5.69 Å². The van der Waals surface area contributed by atoms with Gasteiger partial charge >= 0.3 is 0 Å². The molecule has 4 heteroatoms. The van der Waals surface area contributed by atoms with E-state index in [4.69, 9.17) is 0 Å². The Hall–Kier alpha value is -1.84. The molecule has 0 atom stereocenters. The summed E-state index contributed by atoms with van der Waals surface area (Å²) >= 11 is 0. The van der Waals surface area contributed by atoms with E-state index in [1.165, 1.54) is 18.5 Å². The minimum Gasteiger partial charge on any atom is -0.370 e. The number of aldehydes is 1. The average Bonchev–Trinajstić information content (AvgIpc) is 2.97. The average molecular weight is 229 g/mol. The second-order valence-electron chi connectivity index (χ2n) is 4.53. The molecule has 0 bridgehead atoms. The van der Waals surface area contributed by atoms with Crippen LogP contribution in [0.15, 0.2) is 18.5 Å². The van der Waals surface area contributed by atoms with Gasteiger partial charge in [-0.15, -0.1) is 0 Å². The quantitative estimate of drug-likeness (QED) is 0.739. The minimum atomic E-state index is 0.670. The van der Waals surface area contributed by atoms with Crippen molar-refractivity contribution in [3.63, 3.8) is 0 Å². The molecule has 17 heavy (non-hydrogen) atoms. The van der Waals surface area contributed by atoms with Gasteiger partial charge in [0.15, 0.2) is 6.29 Å². The highest BCUT2D eigenvalue weighted by atomic mass is 16.1. The summed E-state index contributed by atoms with van der Waals surface area (Å²) in [5.74, 6) is 0. The fourth-order valence-corrected chi connectivity index (χ4v) is 2.64. The first-order valence-corrected chi connectivity index (χ1v) is 5.95. The maximum atomic E-state index is 11.0. The van der Waals surface area contributed by atoms with Crippen molar-refractivity contribution in [1.82, 2.24) is 9.55 Å². The Balaban J connectivity index is 2.24. The van der Waals surface area contributed by atoms with Crippen LogP contribution in [0.5, 0.6) is 0 Å². The Morgan fingerprint density at radius 3 is 2.82 bits per heavy atom. The summed E-state index contributed by atoms with van der Waals surface area (Å²) in [6, 6.07) is 2.04. The monoisotopic (exact) mass is 229 g/mol. The van der Waals surface area contributed by atoms with E-state index in [1.54, 1.807) is 6.20 Å². The van der Waals surface area contributed by atoms with Crippen LogP contribution in [0.1, 0.15) is 23.2 Å². The van der Waals surface area contributed by atoms with Crippen molar-refractivity contribution >= 4 is 23.0 Å². The summed E-state index contributed by atoms with van der Waals surface area (Å²) in [5.41, 5.74) is 3.75. The molecule has 0 amide bonds. The maximum Gasteiger partial charge on any atom is 0.153 e. The Morgan fingerprint density at radius 2 is 2.12 bits per heavy atom. The molecule has 0 radical (unpaired) electrons. The van der Waals surface area contributed by atoms with Crippen LogP contribution in [0.3, 0.4) is 0 Å². The summed E-state index contributed by atoms with van der Waals surface area (Å²) in [6.45, 7) is 2.20. The lowest BCUT2D eigenvalue weighted by Gasteiger charge is -2.19. The number of carbonyl (C=O) groups is 1. The molecule has 1 saturated heterocycles. The summed E-state index contributed by atoms with van der Waals surface area (Å²) in [4.78, 5) is 17.7. The van der Waals surface area contributed by atoms with E-state index in [2.05, 4.69) is 9.88 Å². The second-order valence-corrected chi connectivity index (χ2v) is 4.53. The van der Waals surface area contributed by atoms with Crippen LogP contribution in [0.25, 0.3) is 11.0 Å². The van der Waals surface area contributed by atoms with Gasteiger partial charge in [0.1, 0.15) is 5.52 Å². The van der Waals surface area contributed by atoms with Crippen LogP contribution in [-0.4, -0.2) is 28.9 Å². The van der Waals surface area contributed by atoms with Crippen molar-refractivity contribution in [1.29, 1.82) is 0 Å². The molecule has 2 aromatic rings.